The normalized spacial score (nSPS) is 24.7. The molecular weight excluding hydrogens is 217 g/mol. The Kier molecular flexibility index (Phi) is 3.50. The molecule has 1 aromatic rings. The number of fused-ring (bicyclic) bond motifs is 1. The monoisotopic (exact) mass is 237 g/mol. The molecule has 0 spiro atoms. The van der Waals surface area contributed by atoms with Gasteiger partial charge in [0, 0.05) is 6.04 Å². The molecule has 0 aliphatic heterocycles. The van der Waals surface area contributed by atoms with E-state index in [2.05, 4.69) is 19.2 Å². The van der Waals surface area contributed by atoms with E-state index in [1.54, 1.807) is 6.07 Å². The van der Waals surface area contributed by atoms with Crippen molar-refractivity contribution in [2.45, 2.75) is 44.7 Å². The second-order valence-electron chi connectivity index (χ2n) is 4.96. The van der Waals surface area contributed by atoms with Crippen LogP contribution in [0.1, 0.15) is 37.8 Å². The van der Waals surface area contributed by atoms with E-state index in [4.69, 9.17) is 0 Å². The van der Waals surface area contributed by atoms with Crippen molar-refractivity contribution in [1.29, 1.82) is 0 Å². The van der Waals surface area contributed by atoms with Crippen LogP contribution in [0.25, 0.3) is 0 Å². The highest BCUT2D eigenvalue weighted by Crippen LogP contribution is 2.38. The third-order valence-corrected chi connectivity index (χ3v) is 3.84. The summed E-state index contributed by atoms with van der Waals surface area (Å²) in [7, 11) is 0. The van der Waals surface area contributed by atoms with Gasteiger partial charge in [0.1, 0.15) is 5.82 Å². The lowest BCUT2D eigenvalue weighted by Gasteiger charge is -2.33. The van der Waals surface area contributed by atoms with E-state index >= 15 is 0 Å². The fourth-order valence-electron chi connectivity index (χ4n) is 2.67. The molecule has 2 rings (SSSR count). The van der Waals surface area contributed by atoms with E-state index in [9.17, 15) is 9.50 Å². The number of nitrogens with one attached hydrogen (secondary N) is 1. The van der Waals surface area contributed by atoms with E-state index in [1.807, 2.05) is 6.07 Å². The maximum absolute atomic E-state index is 13.7. The maximum atomic E-state index is 13.7. The highest BCUT2D eigenvalue weighted by Gasteiger charge is 2.39. The molecule has 0 saturated heterocycles. The summed E-state index contributed by atoms with van der Waals surface area (Å²) in [5.74, 6) is -0.149. The molecule has 2 N–H and O–H groups in total. The minimum atomic E-state index is -0.452. The molecule has 2 atom stereocenters. The van der Waals surface area contributed by atoms with Crippen LogP contribution >= 0.6 is 0 Å². The Bertz CT molecular complexity index is 407. The van der Waals surface area contributed by atoms with Gasteiger partial charge in [-0.2, -0.15) is 0 Å². The fraction of sp³-hybridized carbons (Fsp3) is 0.571. The van der Waals surface area contributed by atoms with Crippen molar-refractivity contribution < 1.29 is 9.50 Å². The summed E-state index contributed by atoms with van der Waals surface area (Å²) in [6.45, 7) is 4.21. The van der Waals surface area contributed by atoms with Gasteiger partial charge in [-0.1, -0.05) is 19.1 Å². The molecule has 0 bridgehead atoms. The number of hydrogen-bond donors (Lipinski definition) is 2. The lowest BCUT2D eigenvalue weighted by atomic mass is 9.91. The fourth-order valence-corrected chi connectivity index (χ4v) is 2.67. The molecule has 1 aromatic carbocycles. The summed E-state index contributed by atoms with van der Waals surface area (Å²) >= 11 is 0. The lowest BCUT2D eigenvalue weighted by molar-refractivity contribution is 0.148. The zero-order chi connectivity index (χ0) is 12.5. The van der Waals surface area contributed by atoms with Crippen molar-refractivity contribution in [2.75, 3.05) is 6.61 Å². The van der Waals surface area contributed by atoms with Crippen molar-refractivity contribution >= 4 is 0 Å². The average molecular weight is 237 g/mol. The van der Waals surface area contributed by atoms with Gasteiger partial charge < -0.3 is 10.4 Å². The third kappa shape index (κ3) is 2.09. The number of hydrogen-bond acceptors (Lipinski definition) is 2. The maximum Gasteiger partial charge on any atom is 0.126 e. The summed E-state index contributed by atoms with van der Waals surface area (Å²) < 4.78 is 13.7. The summed E-state index contributed by atoms with van der Waals surface area (Å²) in [6.07, 6.45) is 2.46. The smallest absolute Gasteiger partial charge is 0.126 e. The molecule has 1 aliphatic rings. The Labute approximate surface area is 102 Å². The van der Waals surface area contributed by atoms with Crippen LogP contribution in [-0.4, -0.2) is 17.8 Å². The highest BCUT2D eigenvalue weighted by molar-refractivity contribution is 5.40. The van der Waals surface area contributed by atoms with Crippen LogP contribution in [0, 0.1) is 5.82 Å². The Morgan fingerprint density at radius 1 is 1.53 bits per heavy atom. The standard InChI is InChI=1S/C14H20FNO/c1-3-10(2)16-14(9-17)8-7-11-12(14)5-4-6-13(11)15/h4-6,10,16-17H,3,7-9H2,1-2H3. The first kappa shape index (κ1) is 12.5. The van der Waals surface area contributed by atoms with Crippen LogP contribution in [0.15, 0.2) is 18.2 Å². The molecule has 0 heterocycles. The van der Waals surface area contributed by atoms with E-state index in [-0.39, 0.29) is 12.4 Å². The number of benzene rings is 1. The minimum absolute atomic E-state index is 0.0216. The van der Waals surface area contributed by atoms with E-state index in [0.717, 1.165) is 24.0 Å². The summed E-state index contributed by atoms with van der Waals surface area (Å²) in [5.41, 5.74) is 1.24. The van der Waals surface area contributed by atoms with Crippen molar-refractivity contribution in [3.63, 3.8) is 0 Å². The van der Waals surface area contributed by atoms with E-state index in [1.165, 1.54) is 6.07 Å². The Hall–Kier alpha value is -0.930. The van der Waals surface area contributed by atoms with Crippen LogP contribution in [0.3, 0.4) is 0 Å². The predicted octanol–water partition coefficient (Wildman–Crippen LogP) is 2.35. The van der Waals surface area contributed by atoms with Gasteiger partial charge in [-0.25, -0.2) is 4.39 Å². The topological polar surface area (TPSA) is 32.3 Å². The first-order valence-corrected chi connectivity index (χ1v) is 6.29. The summed E-state index contributed by atoms with van der Waals surface area (Å²) in [6, 6.07) is 5.46. The Balaban J connectivity index is 2.37. The molecule has 94 valence electrons. The zero-order valence-corrected chi connectivity index (χ0v) is 10.5. The average Bonchev–Trinajstić information content (AvgIpc) is 2.70. The molecule has 17 heavy (non-hydrogen) atoms. The van der Waals surface area contributed by atoms with Gasteiger partial charge in [0.15, 0.2) is 0 Å². The van der Waals surface area contributed by atoms with Crippen molar-refractivity contribution in [1.82, 2.24) is 5.32 Å². The highest BCUT2D eigenvalue weighted by atomic mass is 19.1. The zero-order valence-electron chi connectivity index (χ0n) is 10.5. The van der Waals surface area contributed by atoms with Gasteiger partial charge in [-0.3, -0.25) is 0 Å². The summed E-state index contributed by atoms with van der Waals surface area (Å²) in [4.78, 5) is 0. The second kappa shape index (κ2) is 4.75. The SMILES string of the molecule is CCC(C)NC1(CO)CCc2c(F)cccc21. The van der Waals surface area contributed by atoms with Crippen molar-refractivity contribution in [3.8, 4) is 0 Å². The van der Waals surface area contributed by atoms with Crippen LogP contribution in [0.2, 0.25) is 0 Å². The number of aliphatic hydroxyl groups excluding tert-OH is 1. The van der Waals surface area contributed by atoms with Gasteiger partial charge in [-0.05, 0) is 43.4 Å². The van der Waals surface area contributed by atoms with Crippen LogP contribution < -0.4 is 5.32 Å². The first-order valence-electron chi connectivity index (χ1n) is 6.29. The van der Waals surface area contributed by atoms with Crippen molar-refractivity contribution in [2.24, 2.45) is 0 Å². The first-order chi connectivity index (χ1) is 8.13. The molecule has 2 nitrogen and oxygen atoms in total. The number of rotatable bonds is 4. The number of halogens is 1. The molecule has 0 amide bonds. The van der Waals surface area contributed by atoms with Gasteiger partial charge in [0.25, 0.3) is 0 Å². The molecule has 0 saturated carbocycles. The molecule has 2 unspecified atom stereocenters. The van der Waals surface area contributed by atoms with Gasteiger partial charge >= 0.3 is 0 Å². The largest absolute Gasteiger partial charge is 0.394 e. The Morgan fingerprint density at radius 3 is 2.94 bits per heavy atom. The molecule has 0 fully saturated rings. The van der Waals surface area contributed by atoms with Gasteiger partial charge in [-0.15, -0.1) is 0 Å². The van der Waals surface area contributed by atoms with E-state index in [0.29, 0.717) is 12.5 Å². The predicted molar refractivity (Wildman–Crippen MR) is 66.4 cm³/mol. The molecular formula is C14H20FNO. The molecule has 0 radical (unpaired) electrons. The minimum Gasteiger partial charge on any atom is -0.394 e. The molecule has 0 aromatic heterocycles. The van der Waals surface area contributed by atoms with E-state index < -0.39 is 5.54 Å². The summed E-state index contributed by atoms with van der Waals surface area (Å²) in [5, 5.41) is 13.2. The second-order valence-corrected chi connectivity index (χ2v) is 4.96. The molecule has 3 heteroatoms. The van der Waals surface area contributed by atoms with Crippen molar-refractivity contribution in [3.05, 3.63) is 35.1 Å². The number of aliphatic hydroxyl groups is 1. The lowest BCUT2D eigenvalue weighted by Crippen LogP contribution is -2.48. The van der Waals surface area contributed by atoms with Crippen LogP contribution in [0.5, 0.6) is 0 Å². The van der Waals surface area contributed by atoms with Gasteiger partial charge in [0.05, 0.1) is 12.1 Å². The Morgan fingerprint density at radius 2 is 2.29 bits per heavy atom. The third-order valence-electron chi connectivity index (χ3n) is 3.84. The van der Waals surface area contributed by atoms with Gasteiger partial charge in [0.2, 0.25) is 0 Å². The van der Waals surface area contributed by atoms with Crippen LogP contribution in [0.4, 0.5) is 4.39 Å². The van der Waals surface area contributed by atoms with Crippen LogP contribution in [-0.2, 0) is 12.0 Å². The quantitative estimate of drug-likeness (QED) is 0.842. The molecule has 1 aliphatic carbocycles.